The summed E-state index contributed by atoms with van der Waals surface area (Å²) in [7, 11) is 0. The molecule has 0 saturated heterocycles. The van der Waals surface area contributed by atoms with E-state index < -0.39 is 5.60 Å². The number of aliphatic hydroxyl groups is 1. The number of rotatable bonds is 4. The standard InChI is InChI=1S/C19H30O/c1-5-6-17-7-9-19(20,10-8-17)13-18-15(3)11-14(2)12-16(18)4/h11-12,17,20H,5-10,13H2,1-4H3. The summed E-state index contributed by atoms with van der Waals surface area (Å²) in [5.74, 6) is 0.848. The molecule has 1 heteroatoms. The highest BCUT2D eigenvalue weighted by atomic mass is 16.3. The van der Waals surface area contributed by atoms with Crippen molar-refractivity contribution < 1.29 is 5.11 Å². The van der Waals surface area contributed by atoms with E-state index in [9.17, 15) is 5.11 Å². The first-order chi connectivity index (χ1) is 9.43. The Morgan fingerprint density at radius 2 is 1.65 bits per heavy atom. The Hall–Kier alpha value is -0.820. The van der Waals surface area contributed by atoms with E-state index in [-0.39, 0.29) is 0 Å². The zero-order valence-corrected chi connectivity index (χ0v) is 13.6. The topological polar surface area (TPSA) is 20.2 Å². The van der Waals surface area contributed by atoms with Gasteiger partial charge in [-0.2, -0.15) is 0 Å². The van der Waals surface area contributed by atoms with Crippen molar-refractivity contribution in [2.45, 2.75) is 78.2 Å². The Morgan fingerprint density at radius 1 is 1.10 bits per heavy atom. The van der Waals surface area contributed by atoms with Crippen LogP contribution in [-0.4, -0.2) is 10.7 Å². The summed E-state index contributed by atoms with van der Waals surface area (Å²) in [4.78, 5) is 0. The van der Waals surface area contributed by atoms with Crippen LogP contribution in [0.15, 0.2) is 12.1 Å². The van der Waals surface area contributed by atoms with Crippen LogP contribution in [0.4, 0.5) is 0 Å². The van der Waals surface area contributed by atoms with Crippen molar-refractivity contribution in [3.8, 4) is 0 Å². The predicted molar refractivity (Wildman–Crippen MR) is 86.2 cm³/mol. The third kappa shape index (κ3) is 3.63. The van der Waals surface area contributed by atoms with Crippen LogP contribution in [0, 0.1) is 26.7 Å². The Labute approximate surface area is 124 Å². The van der Waals surface area contributed by atoms with Crippen molar-refractivity contribution in [2.75, 3.05) is 0 Å². The Bertz CT molecular complexity index is 430. The summed E-state index contributed by atoms with van der Waals surface area (Å²) in [6.45, 7) is 8.77. The van der Waals surface area contributed by atoms with Crippen molar-refractivity contribution in [1.82, 2.24) is 0 Å². The van der Waals surface area contributed by atoms with Crippen molar-refractivity contribution in [3.63, 3.8) is 0 Å². The van der Waals surface area contributed by atoms with E-state index in [0.717, 1.165) is 25.2 Å². The van der Waals surface area contributed by atoms with Gasteiger partial charge in [0.1, 0.15) is 0 Å². The molecule has 20 heavy (non-hydrogen) atoms. The van der Waals surface area contributed by atoms with Gasteiger partial charge < -0.3 is 5.11 Å². The van der Waals surface area contributed by atoms with Crippen LogP contribution in [0.25, 0.3) is 0 Å². The van der Waals surface area contributed by atoms with Crippen LogP contribution in [0.5, 0.6) is 0 Å². The monoisotopic (exact) mass is 274 g/mol. The summed E-state index contributed by atoms with van der Waals surface area (Å²) in [5, 5.41) is 10.9. The van der Waals surface area contributed by atoms with E-state index >= 15 is 0 Å². The minimum absolute atomic E-state index is 0.463. The van der Waals surface area contributed by atoms with Gasteiger partial charge in [-0.15, -0.1) is 0 Å². The average Bonchev–Trinajstić information content (AvgIpc) is 2.37. The molecule has 1 aliphatic carbocycles. The molecule has 0 radical (unpaired) electrons. The highest BCUT2D eigenvalue weighted by Crippen LogP contribution is 2.37. The van der Waals surface area contributed by atoms with Crippen molar-refractivity contribution >= 4 is 0 Å². The van der Waals surface area contributed by atoms with Crippen LogP contribution in [0.1, 0.15) is 67.7 Å². The second-order valence-corrected chi connectivity index (χ2v) is 7.01. The highest BCUT2D eigenvalue weighted by Gasteiger charge is 2.33. The lowest BCUT2D eigenvalue weighted by Gasteiger charge is -2.37. The molecule has 0 spiro atoms. The molecule has 0 unspecified atom stereocenters. The molecule has 1 fully saturated rings. The van der Waals surface area contributed by atoms with E-state index in [4.69, 9.17) is 0 Å². The Kier molecular flexibility index (Phi) is 4.90. The van der Waals surface area contributed by atoms with Crippen LogP contribution >= 0.6 is 0 Å². The molecule has 0 atom stereocenters. The van der Waals surface area contributed by atoms with Gasteiger partial charge in [0.25, 0.3) is 0 Å². The van der Waals surface area contributed by atoms with Gasteiger partial charge in [0, 0.05) is 6.42 Å². The molecule has 1 aromatic carbocycles. The Morgan fingerprint density at radius 3 is 2.15 bits per heavy atom. The number of benzene rings is 1. The zero-order chi connectivity index (χ0) is 14.8. The fraction of sp³-hybridized carbons (Fsp3) is 0.684. The molecule has 1 saturated carbocycles. The molecular weight excluding hydrogens is 244 g/mol. The number of aryl methyl sites for hydroxylation is 3. The molecule has 0 amide bonds. The van der Waals surface area contributed by atoms with Crippen LogP contribution in [0.2, 0.25) is 0 Å². The van der Waals surface area contributed by atoms with Gasteiger partial charge in [-0.3, -0.25) is 0 Å². The first-order valence-electron chi connectivity index (χ1n) is 8.22. The van der Waals surface area contributed by atoms with E-state index in [1.54, 1.807) is 0 Å². The first-order valence-corrected chi connectivity index (χ1v) is 8.22. The summed E-state index contributed by atoms with van der Waals surface area (Å²) >= 11 is 0. The van der Waals surface area contributed by atoms with Gasteiger partial charge in [-0.25, -0.2) is 0 Å². The highest BCUT2D eigenvalue weighted by molar-refractivity contribution is 5.38. The number of hydrogen-bond donors (Lipinski definition) is 1. The third-order valence-electron chi connectivity index (χ3n) is 5.08. The molecule has 112 valence electrons. The summed E-state index contributed by atoms with van der Waals surface area (Å²) in [5.41, 5.74) is 4.90. The molecule has 1 aliphatic rings. The SMILES string of the molecule is CCCC1CCC(O)(Cc2c(C)cc(C)cc2C)CC1. The zero-order valence-electron chi connectivity index (χ0n) is 13.6. The lowest BCUT2D eigenvalue weighted by molar-refractivity contribution is -0.0101. The van der Waals surface area contributed by atoms with Crippen molar-refractivity contribution in [1.29, 1.82) is 0 Å². The maximum Gasteiger partial charge on any atom is 0.0688 e. The van der Waals surface area contributed by atoms with Gasteiger partial charge in [0.05, 0.1) is 5.60 Å². The average molecular weight is 274 g/mol. The van der Waals surface area contributed by atoms with Gasteiger partial charge in [0.2, 0.25) is 0 Å². The maximum absolute atomic E-state index is 10.9. The van der Waals surface area contributed by atoms with Gasteiger partial charge in [-0.1, -0.05) is 37.5 Å². The fourth-order valence-electron chi connectivity index (χ4n) is 3.91. The minimum Gasteiger partial charge on any atom is -0.390 e. The third-order valence-corrected chi connectivity index (χ3v) is 5.08. The minimum atomic E-state index is -0.463. The molecular formula is C19H30O. The molecule has 0 bridgehead atoms. The molecule has 1 N–H and O–H groups in total. The summed E-state index contributed by atoms with van der Waals surface area (Å²) < 4.78 is 0. The molecule has 1 nitrogen and oxygen atoms in total. The first kappa shape index (κ1) is 15.6. The normalized spacial score (nSPS) is 26.8. The molecule has 2 rings (SSSR count). The predicted octanol–water partition coefficient (Wildman–Crippen LogP) is 4.88. The maximum atomic E-state index is 10.9. The van der Waals surface area contributed by atoms with E-state index in [0.29, 0.717) is 0 Å². The lowest BCUT2D eigenvalue weighted by Crippen LogP contribution is -2.36. The van der Waals surface area contributed by atoms with E-state index in [1.807, 2.05) is 0 Å². The summed E-state index contributed by atoms with van der Waals surface area (Å²) in [6.07, 6.45) is 7.80. The quantitative estimate of drug-likeness (QED) is 0.830. The van der Waals surface area contributed by atoms with E-state index in [2.05, 4.69) is 39.8 Å². The summed E-state index contributed by atoms with van der Waals surface area (Å²) in [6, 6.07) is 4.49. The molecule has 0 aromatic heterocycles. The molecule has 0 aliphatic heterocycles. The van der Waals surface area contributed by atoms with E-state index in [1.165, 1.54) is 47.9 Å². The van der Waals surface area contributed by atoms with Crippen LogP contribution < -0.4 is 0 Å². The second kappa shape index (κ2) is 6.30. The van der Waals surface area contributed by atoms with Gasteiger partial charge in [0.15, 0.2) is 0 Å². The number of hydrogen-bond acceptors (Lipinski definition) is 1. The molecule has 0 heterocycles. The van der Waals surface area contributed by atoms with Crippen molar-refractivity contribution in [2.24, 2.45) is 5.92 Å². The smallest absolute Gasteiger partial charge is 0.0688 e. The molecule has 1 aromatic rings. The largest absolute Gasteiger partial charge is 0.390 e. The second-order valence-electron chi connectivity index (χ2n) is 7.01. The van der Waals surface area contributed by atoms with Crippen LogP contribution in [0.3, 0.4) is 0 Å². The van der Waals surface area contributed by atoms with Crippen LogP contribution in [-0.2, 0) is 6.42 Å². The fourth-order valence-corrected chi connectivity index (χ4v) is 3.91. The van der Waals surface area contributed by atoms with Crippen molar-refractivity contribution in [3.05, 3.63) is 34.4 Å². The Balaban J connectivity index is 2.07. The van der Waals surface area contributed by atoms with Gasteiger partial charge >= 0.3 is 0 Å². The van der Waals surface area contributed by atoms with Gasteiger partial charge in [-0.05, 0) is 69.1 Å². The lowest BCUT2D eigenvalue weighted by atomic mass is 9.74.